The van der Waals surface area contributed by atoms with Crippen molar-refractivity contribution in [2.75, 3.05) is 19.9 Å². The maximum Gasteiger partial charge on any atom is 0.108 e. The summed E-state index contributed by atoms with van der Waals surface area (Å²) in [5, 5.41) is 6.63. The third-order valence-electron chi connectivity index (χ3n) is 2.30. The third kappa shape index (κ3) is 2.01. The monoisotopic (exact) mass is 181 g/mol. The van der Waals surface area contributed by atoms with Crippen LogP contribution in [0.2, 0.25) is 0 Å². The molecule has 4 heteroatoms. The number of nitrogens with zero attached hydrogens (tertiary/aromatic N) is 1. The predicted molar refractivity (Wildman–Crippen MR) is 51.6 cm³/mol. The average Bonchev–Trinajstić information content (AvgIpc) is 2.61. The minimum Gasteiger partial charge on any atom is -0.379 e. The summed E-state index contributed by atoms with van der Waals surface area (Å²) in [5.41, 5.74) is 1.16. The molecule has 4 nitrogen and oxygen atoms in total. The SMILES string of the molecule is CC1=C(N[C@@H]2CCOC2)NCN=C1. The van der Waals surface area contributed by atoms with Gasteiger partial charge in [0.2, 0.25) is 0 Å². The van der Waals surface area contributed by atoms with E-state index in [0.29, 0.717) is 12.7 Å². The first kappa shape index (κ1) is 8.56. The first-order valence-corrected chi connectivity index (χ1v) is 4.65. The van der Waals surface area contributed by atoms with Crippen LogP contribution < -0.4 is 10.6 Å². The van der Waals surface area contributed by atoms with Crippen molar-refractivity contribution in [3.05, 3.63) is 11.4 Å². The smallest absolute Gasteiger partial charge is 0.108 e. The van der Waals surface area contributed by atoms with Gasteiger partial charge in [-0.1, -0.05) is 0 Å². The zero-order valence-corrected chi connectivity index (χ0v) is 7.84. The number of aliphatic imine (C=N–C) groups is 1. The first-order valence-electron chi connectivity index (χ1n) is 4.65. The second-order valence-corrected chi connectivity index (χ2v) is 3.41. The van der Waals surface area contributed by atoms with Crippen molar-refractivity contribution in [3.8, 4) is 0 Å². The summed E-state index contributed by atoms with van der Waals surface area (Å²) in [6, 6.07) is 0.462. The zero-order chi connectivity index (χ0) is 9.10. The van der Waals surface area contributed by atoms with Gasteiger partial charge in [0.05, 0.1) is 12.6 Å². The summed E-state index contributed by atoms with van der Waals surface area (Å²) in [4.78, 5) is 4.12. The maximum absolute atomic E-state index is 5.29. The molecule has 2 N–H and O–H groups in total. The van der Waals surface area contributed by atoms with Crippen LogP contribution in [0.5, 0.6) is 0 Å². The largest absolute Gasteiger partial charge is 0.379 e. The van der Waals surface area contributed by atoms with E-state index in [1.54, 1.807) is 0 Å². The summed E-state index contributed by atoms with van der Waals surface area (Å²) in [6.07, 6.45) is 2.99. The van der Waals surface area contributed by atoms with Gasteiger partial charge in [-0.05, 0) is 13.3 Å². The lowest BCUT2D eigenvalue weighted by Gasteiger charge is -2.20. The molecule has 0 aliphatic carbocycles. The molecule has 1 atom stereocenters. The van der Waals surface area contributed by atoms with Crippen LogP contribution in [-0.2, 0) is 4.74 Å². The lowest BCUT2D eigenvalue weighted by atomic mass is 10.2. The lowest BCUT2D eigenvalue weighted by molar-refractivity contribution is 0.191. The maximum atomic E-state index is 5.29. The highest BCUT2D eigenvalue weighted by Gasteiger charge is 2.17. The van der Waals surface area contributed by atoms with Crippen molar-refractivity contribution in [1.82, 2.24) is 10.6 Å². The van der Waals surface area contributed by atoms with E-state index in [-0.39, 0.29) is 0 Å². The van der Waals surface area contributed by atoms with Crippen molar-refractivity contribution in [2.45, 2.75) is 19.4 Å². The molecule has 1 fully saturated rings. The normalized spacial score (nSPS) is 27.6. The molecule has 0 saturated carbocycles. The standard InChI is InChI=1S/C9H15N3O/c1-7-4-10-6-11-9(7)12-8-2-3-13-5-8/h4,8,11-12H,2-3,5-6H2,1H3/t8-/m1/s1. The Bertz CT molecular complexity index is 241. The fourth-order valence-electron chi connectivity index (χ4n) is 1.53. The van der Waals surface area contributed by atoms with E-state index in [2.05, 4.69) is 15.6 Å². The summed E-state index contributed by atoms with van der Waals surface area (Å²) in [6.45, 7) is 4.41. The van der Waals surface area contributed by atoms with E-state index >= 15 is 0 Å². The van der Waals surface area contributed by atoms with E-state index in [0.717, 1.165) is 31.0 Å². The van der Waals surface area contributed by atoms with Gasteiger partial charge >= 0.3 is 0 Å². The molecule has 2 aliphatic rings. The average molecular weight is 181 g/mol. The quantitative estimate of drug-likeness (QED) is 0.641. The topological polar surface area (TPSA) is 45.6 Å². The van der Waals surface area contributed by atoms with Crippen molar-refractivity contribution < 1.29 is 4.74 Å². The molecule has 0 spiro atoms. The molecule has 0 bridgehead atoms. The Hall–Kier alpha value is -1.03. The Morgan fingerprint density at radius 1 is 1.69 bits per heavy atom. The highest BCUT2D eigenvalue weighted by Crippen LogP contribution is 2.07. The van der Waals surface area contributed by atoms with E-state index < -0.39 is 0 Å². The highest BCUT2D eigenvalue weighted by atomic mass is 16.5. The van der Waals surface area contributed by atoms with Gasteiger partial charge in [0.1, 0.15) is 12.5 Å². The molecule has 2 rings (SSSR count). The summed E-state index contributed by atoms with van der Waals surface area (Å²) in [7, 11) is 0. The van der Waals surface area contributed by atoms with Gasteiger partial charge in [0.25, 0.3) is 0 Å². The number of allylic oxidation sites excluding steroid dienone is 1. The minimum atomic E-state index is 0.462. The van der Waals surface area contributed by atoms with Gasteiger partial charge in [-0.2, -0.15) is 0 Å². The number of nitrogens with one attached hydrogen (secondary N) is 2. The molecule has 0 aromatic rings. The van der Waals surface area contributed by atoms with Gasteiger partial charge in [-0.3, -0.25) is 4.99 Å². The van der Waals surface area contributed by atoms with Crippen LogP contribution in [0.15, 0.2) is 16.4 Å². The molecule has 0 unspecified atom stereocenters. The van der Waals surface area contributed by atoms with Crippen molar-refractivity contribution in [3.63, 3.8) is 0 Å². The van der Waals surface area contributed by atoms with Gasteiger partial charge in [0.15, 0.2) is 0 Å². The Balaban J connectivity index is 1.95. The molecule has 2 aliphatic heterocycles. The molecule has 0 radical (unpaired) electrons. The van der Waals surface area contributed by atoms with Gasteiger partial charge < -0.3 is 15.4 Å². The van der Waals surface area contributed by atoms with Crippen LogP contribution >= 0.6 is 0 Å². The molecule has 13 heavy (non-hydrogen) atoms. The van der Waals surface area contributed by atoms with E-state index in [9.17, 15) is 0 Å². The van der Waals surface area contributed by atoms with Crippen LogP contribution in [0, 0.1) is 0 Å². The predicted octanol–water partition coefficient (Wildman–Crippen LogP) is 0.228. The number of rotatable bonds is 2. The minimum absolute atomic E-state index is 0.462. The van der Waals surface area contributed by atoms with Crippen LogP contribution in [0.4, 0.5) is 0 Å². The fraction of sp³-hybridized carbons (Fsp3) is 0.667. The molecular formula is C9H15N3O. The molecule has 0 aromatic heterocycles. The van der Waals surface area contributed by atoms with E-state index in [4.69, 9.17) is 4.74 Å². The van der Waals surface area contributed by atoms with E-state index in [1.165, 1.54) is 0 Å². The van der Waals surface area contributed by atoms with Gasteiger partial charge in [-0.15, -0.1) is 0 Å². The van der Waals surface area contributed by atoms with Crippen molar-refractivity contribution >= 4 is 6.21 Å². The molecule has 0 amide bonds. The second-order valence-electron chi connectivity index (χ2n) is 3.41. The van der Waals surface area contributed by atoms with Crippen LogP contribution in [0.1, 0.15) is 13.3 Å². The van der Waals surface area contributed by atoms with E-state index in [1.807, 2.05) is 13.1 Å². The number of hydrogen-bond acceptors (Lipinski definition) is 4. The summed E-state index contributed by atoms with van der Waals surface area (Å²) in [5.74, 6) is 1.10. The third-order valence-corrected chi connectivity index (χ3v) is 2.30. The first-order chi connectivity index (χ1) is 6.36. The molecular weight excluding hydrogens is 166 g/mol. The van der Waals surface area contributed by atoms with Crippen LogP contribution in [-0.4, -0.2) is 32.1 Å². The second kappa shape index (κ2) is 3.79. The van der Waals surface area contributed by atoms with Gasteiger partial charge in [-0.25, -0.2) is 0 Å². The Morgan fingerprint density at radius 2 is 2.62 bits per heavy atom. The Morgan fingerprint density at radius 3 is 3.31 bits per heavy atom. The number of hydrogen-bond donors (Lipinski definition) is 2. The van der Waals surface area contributed by atoms with Crippen molar-refractivity contribution in [1.29, 1.82) is 0 Å². The zero-order valence-electron chi connectivity index (χ0n) is 7.84. The molecule has 72 valence electrons. The molecule has 2 heterocycles. The fourth-order valence-corrected chi connectivity index (χ4v) is 1.53. The van der Waals surface area contributed by atoms with Gasteiger partial charge in [0, 0.05) is 18.4 Å². The molecule has 0 aromatic carbocycles. The molecule has 1 saturated heterocycles. The lowest BCUT2D eigenvalue weighted by Crippen LogP contribution is -2.37. The van der Waals surface area contributed by atoms with Crippen LogP contribution in [0.3, 0.4) is 0 Å². The Labute approximate surface area is 78.1 Å². The summed E-state index contributed by atoms with van der Waals surface area (Å²) >= 11 is 0. The number of ether oxygens (including phenoxy) is 1. The van der Waals surface area contributed by atoms with Crippen molar-refractivity contribution in [2.24, 2.45) is 4.99 Å². The highest BCUT2D eigenvalue weighted by molar-refractivity contribution is 5.79. The summed E-state index contributed by atoms with van der Waals surface area (Å²) < 4.78 is 5.29. The van der Waals surface area contributed by atoms with Crippen LogP contribution in [0.25, 0.3) is 0 Å². The Kier molecular flexibility index (Phi) is 2.49.